The highest BCUT2D eigenvalue weighted by Crippen LogP contribution is 2.49. The molecule has 2 saturated carbocycles. The standard InChI is InChI=1S/C20H28N2O2/c1-24-19-4-2-3-18(14-19)21-7-9-22(10-8-21)20(23)13-17-12-15-5-6-16(17)11-15/h2-4,14-17H,5-13H2,1H3/t15-,16+,17-/m0/s1. The Bertz CT molecular complexity index is 595. The van der Waals surface area contributed by atoms with Crippen LogP contribution in [-0.2, 0) is 4.79 Å². The summed E-state index contributed by atoms with van der Waals surface area (Å²) in [4.78, 5) is 17.1. The molecule has 1 saturated heterocycles. The van der Waals surface area contributed by atoms with E-state index in [9.17, 15) is 4.79 Å². The maximum atomic E-state index is 12.7. The summed E-state index contributed by atoms with van der Waals surface area (Å²) < 4.78 is 5.31. The Balaban J connectivity index is 1.30. The Morgan fingerprint density at radius 3 is 2.67 bits per heavy atom. The van der Waals surface area contributed by atoms with Gasteiger partial charge in [-0.2, -0.15) is 0 Å². The lowest BCUT2D eigenvalue weighted by Crippen LogP contribution is -2.49. The highest BCUT2D eigenvalue weighted by Gasteiger charge is 2.40. The van der Waals surface area contributed by atoms with Crippen LogP contribution in [0.25, 0.3) is 0 Å². The average Bonchev–Trinajstić information content (AvgIpc) is 3.25. The Morgan fingerprint density at radius 2 is 2.00 bits per heavy atom. The largest absolute Gasteiger partial charge is 0.497 e. The summed E-state index contributed by atoms with van der Waals surface area (Å²) >= 11 is 0. The lowest BCUT2D eigenvalue weighted by molar-refractivity contribution is -0.132. The van der Waals surface area contributed by atoms with Crippen LogP contribution >= 0.6 is 0 Å². The van der Waals surface area contributed by atoms with Gasteiger partial charge in [-0.05, 0) is 49.1 Å². The van der Waals surface area contributed by atoms with E-state index in [1.807, 2.05) is 12.1 Å². The number of carbonyl (C=O) groups excluding carboxylic acids is 1. The van der Waals surface area contributed by atoms with Crippen LogP contribution in [-0.4, -0.2) is 44.1 Å². The van der Waals surface area contributed by atoms with Crippen LogP contribution in [0.5, 0.6) is 5.75 Å². The van der Waals surface area contributed by atoms with Crippen molar-refractivity contribution in [3.05, 3.63) is 24.3 Å². The molecule has 2 aliphatic carbocycles. The van der Waals surface area contributed by atoms with Crippen molar-refractivity contribution in [3.8, 4) is 5.75 Å². The van der Waals surface area contributed by atoms with Gasteiger partial charge in [0.2, 0.25) is 5.91 Å². The van der Waals surface area contributed by atoms with E-state index < -0.39 is 0 Å². The highest BCUT2D eigenvalue weighted by molar-refractivity contribution is 5.77. The molecule has 4 heteroatoms. The minimum absolute atomic E-state index is 0.387. The number of rotatable bonds is 4. The molecular weight excluding hydrogens is 300 g/mol. The number of anilines is 1. The van der Waals surface area contributed by atoms with Crippen LogP contribution in [0.4, 0.5) is 5.69 Å². The molecule has 0 N–H and O–H groups in total. The number of hydrogen-bond donors (Lipinski definition) is 0. The number of ether oxygens (including phenoxy) is 1. The number of hydrogen-bond acceptors (Lipinski definition) is 3. The molecule has 130 valence electrons. The first-order valence-electron chi connectivity index (χ1n) is 9.39. The second kappa shape index (κ2) is 6.66. The molecule has 4 nitrogen and oxygen atoms in total. The van der Waals surface area contributed by atoms with Gasteiger partial charge < -0.3 is 14.5 Å². The van der Waals surface area contributed by atoms with E-state index in [1.165, 1.54) is 31.4 Å². The van der Waals surface area contributed by atoms with E-state index in [-0.39, 0.29) is 0 Å². The van der Waals surface area contributed by atoms with Crippen LogP contribution in [0, 0.1) is 17.8 Å². The summed E-state index contributed by atoms with van der Waals surface area (Å²) in [5, 5.41) is 0. The number of nitrogens with zero attached hydrogens (tertiary/aromatic N) is 2. The first kappa shape index (κ1) is 15.8. The normalized spacial score (nSPS) is 29.1. The third kappa shape index (κ3) is 3.11. The minimum atomic E-state index is 0.387. The van der Waals surface area contributed by atoms with Gasteiger partial charge in [-0.15, -0.1) is 0 Å². The second-order valence-corrected chi connectivity index (χ2v) is 7.71. The quantitative estimate of drug-likeness (QED) is 0.851. The average molecular weight is 328 g/mol. The SMILES string of the molecule is COc1cccc(N2CCN(C(=O)C[C@@H]3C[C@H]4CC[C@@H]3C4)CC2)c1. The van der Waals surface area contributed by atoms with E-state index in [4.69, 9.17) is 4.74 Å². The lowest BCUT2D eigenvalue weighted by Gasteiger charge is -2.37. The number of carbonyl (C=O) groups is 1. The highest BCUT2D eigenvalue weighted by atomic mass is 16.5. The molecule has 24 heavy (non-hydrogen) atoms. The van der Waals surface area contributed by atoms with Crippen LogP contribution in [0.1, 0.15) is 32.1 Å². The lowest BCUT2D eigenvalue weighted by atomic mass is 9.86. The molecule has 1 heterocycles. The molecule has 1 aliphatic heterocycles. The molecular formula is C20H28N2O2. The Kier molecular flexibility index (Phi) is 4.38. The van der Waals surface area contributed by atoms with Gasteiger partial charge in [0.15, 0.2) is 0 Å². The van der Waals surface area contributed by atoms with Gasteiger partial charge in [0.05, 0.1) is 7.11 Å². The third-order valence-electron chi connectivity index (χ3n) is 6.37. The van der Waals surface area contributed by atoms with Gasteiger partial charge in [0, 0.05) is 44.4 Å². The molecule has 2 bridgehead atoms. The van der Waals surface area contributed by atoms with Crippen molar-refractivity contribution >= 4 is 11.6 Å². The fourth-order valence-corrected chi connectivity index (χ4v) is 5.00. The van der Waals surface area contributed by atoms with Crippen molar-refractivity contribution in [1.29, 1.82) is 0 Å². The van der Waals surface area contributed by atoms with E-state index in [0.717, 1.165) is 50.2 Å². The molecule has 3 atom stereocenters. The van der Waals surface area contributed by atoms with E-state index in [0.29, 0.717) is 11.8 Å². The summed E-state index contributed by atoms with van der Waals surface area (Å²) in [6.07, 6.45) is 6.27. The number of methoxy groups -OCH3 is 1. The summed E-state index contributed by atoms with van der Waals surface area (Å²) in [5.41, 5.74) is 1.19. The number of piperazine rings is 1. The van der Waals surface area contributed by atoms with Crippen molar-refractivity contribution in [2.24, 2.45) is 17.8 Å². The molecule has 4 rings (SSSR count). The van der Waals surface area contributed by atoms with Gasteiger partial charge in [0.1, 0.15) is 5.75 Å². The van der Waals surface area contributed by atoms with E-state index in [1.54, 1.807) is 7.11 Å². The summed E-state index contributed by atoms with van der Waals surface area (Å²) in [6.45, 7) is 3.51. The summed E-state index contributed by atoms with van der Waals surface area (Å²) in [5.74, 6) is 3.72. The molecule has 0 aromatic heterocycles. The molecule has 3 aliphatic rings. The molecule has 1 amide bonds. The van der Waals surface area contributed by atoms with Gasteiger partial charge >= 0.3 is 0 Å². The number of fused-ring (bicyclic) bond motifs is 2. The number of benzene rings is 1. The molecule has 0 radical (unpaired) electrons. The fourth-order valence-electron chi connectivity index (χ4n) is 5.00. The third-order valence-corrected chi connectivity index (χ3v) is 6.37. The van der Waals surface area contributed by atoms with Gasteiger partial charge in [0.25, 0.3) is 0 Å². The molecule has 3 fully saturated rings. The second-order valence-electron chi connectivity index (χ2n) is 7.71. The Morgan fingerprint density at radius 1 is 1.17 bits per heavy atom. The Labute approximate surface area is 144 Å². The fraction of sp³-hybridized carbons (Fsp3) is 0.650. The molecule has 1 aromatic rings. The number of amides is 1. The van der Waals surface area contributed by atoms with Crippen LogP contribution in [0.2, 0.25) is 0 Å². The molecule has 0 unspecified atom stereocenters. The smallest absolute Gasteiger partial charge is 0.222 e. The maximum absolute atomic E-state index is 12.7. The van der Waals surface area contributed by atoms with Crippen molar-refractivity contribution in [1.82, 2.24) is 4.90 Å². The zero-order valence-electron chi connectivity index (χ0n) is 14.6. The van der Waals surface area contributed by atoms with Gasteiger partial charge in [-0.3, -0.25) is 4.79 Å². The van der Waals surface area contributed by atoms with Crippen LogP contribution in [0.15, 0.2) is 24.3 Å². The minimum Gasteiger partial charge on any atom is -0.497 e. The Hall–Kier alpha value is -1.71. The first-order valence-corrected chi connectivity index (χ1v) is 9.39. The first-order chi connectivity index (χ1) is 11.7. The van der Waals surface area contributed by atoms with E-state index >= 15 is 0 Å². The van der Waals surface area contributed by atoms with Crippen LogP contribution < -0.4 is 9.64 Å². The summed E-state index contributed by atoms with van der Waals surface area (Å²) in [6, 6.07) is 8.20. The van der Waals surface area contributed by atoms with Crippen molar-refractivity contribution in [2.75, 3.05) is 38.2 Å². The van der Waals surface area contributed by atoms with Crippen molar-refractivity contribution in [3.63, 3.8) is 0 Å². The topological polar surface area (TPSA) is 32.8 Å². The predicted molar refractivity (Wildman–Crippen MR) is 95.3 cm³/mol. The van der Waals surface area contributed by atoms with Gasteiger partial charge in [-0.25, -0.2) is 0 Å². The molecule has 1 aromatic carbocycles. The molecule has 0 spiro atoms. The van der Waals surface area contributed by atoms with Crippen molar-refractivity contribution in [2.45, 2.75) is 32.1 Å². The van der Waals surface area contributed by atoms with E-state index in [2.05, 4.69) is 21.9 Å². The van der Waals surface area contributed by atoms with Crippen LogP contribution in [0.3, 0.4) is 0 Å². The predicted octanol–water partition coefficient (Wildman–Crippen LogP) is 3.17. The zero-order chi connectivity index (χ0) is 16.5. The summed E-state index contributed by atoms with van der Waals surface area (Å²) in [7, 11) is 1.70. The zero-order valence-corrected chi connectivity index (χ0v) is 14.6. The van der Waals surface area contributed by atoms with Gasteiger partial charge in [-0.1, -0.05) is 12.5 Å². The van der Waals surface area contributed by atoms with Crippen molar-refractivity contribution < 1.29 is 9.53 Å². The maximum Gasteiger partial charge on any atom is 0.222 e. The monoisotopic (exact) mass is 328 g/mol.